The van der Waals surface area contributed by atoms with E-state index in [2.05, 4.69) is 0 Å². The van der Waals surface area contributed by atoms with Gasteiger partial charge in [-0.2, -0.15) is 0 Å². The van der Waals surface area contributed by atoms with E-state index in [9.17, 15) is 9.90 Å². The molecule has 1 fully saturated rings. The van der Waals surface area contributed by atoms with Crippen molar-refractivity contribution in [3.8, 4) is 0 Å². The Morgan fingerprint density at radius 2 is 2.08 bits per heavy atom. The van der Waals surface area contributed by atoms with Crippen molar-refractivity contribution in [2.75, 3.05) is 0 Å². The quantitative estimate of drug-likeness (QED) is 0.546. The molecule has 0 amide bonds. The highest BCUT2D eigenvalue weighted by Gasteiger charge is 2.21. The fraction of sp³-hybridized carbons (Fsp3) is 0.625. The molecule has 0 aromatic rings. The number of hydrogen-bond donors (Lipinski definition) is 3. The first-order chi connectivity index (χ1) is 5.61. The summed E-state index contributed by atoms with van der Waals surface area (Å²) < 4.78 is 0. The number of carbonyl (C=O) groups is 1. The average Bonchev–Trinajstić information content (AvgIpc) is 2.80. The van der Waals surface area contributed by atoms with Crippen molar-refractivity contribution in [3.05, 3.63) is 11.3 Å². The number of hydrogen-bond acceptors (Lipinski definition) is 3. The Morgan fingerprint density at radius 3 is 2.50 bits per heavy atom. The van der Waals surface area contributed by atoms with Crippen molar-refractivity contribution in [1.82, 2.24) is 0 Å². The Balaban J connectivity index is 2.33. The molecule has 0 heterocycles. The molecule has 4 heteroatoms. The van der Waals surface area contributed by atoms with E-state index in [1.54, 1.807) is 0 Å². The highest BCUT2D eigenvalue weighted by molar-refractivity contribution is 5.66. The lowest BCUT2D eigenvalue weighted by atomic mass is 10.1. The maximum absolute atomic E-state index is 10.2. The Morgan fingerprint density at radius 1 is 1.50 bits per heavy atom. The van der Waals surface area contributed by atoms with Crippen LogP contribution in [-0.4, -0.2) is 22.2 Å². The van der Waals surface area contributed by atoms with Gasteiger partial charge in [-0.05, 0) is 24.8 Å². The summed E-state index contributed by atoms with van der Waals surface area (Å²) in [5.74, 6) is -0.671. The van der Waals surface area contributed by atoms with E-state index in [-0.39, 0.29) is 12.2 Å². The summed E-state index contributed by atoms with van der Waals surface area (Å²) in [6, 6.07) is -0.487. The molecule has 0 saturated heterocycles. The van der Waals surface area contributed by atoms with E-state index in [1.165, 1.54) is 0 Å². The zero-order chi connectivity index (χ0) is 9.14. The molecule has 4 nitrogen and oxygen atoms in total. The summed E-state index contributed by atoms with van der Waals surface area (Å²) in [6.45, 7) is 0. The van der Waals surface area contributed by atoms with Gasteiger partial charge in [-0.1, -0.05) is 0 Å². The van der Waals surface area contributed by atoms with Crippen LogP contribution in [0, 0.1) is 0 Å². The minimum atomic E-state index is -0.876. The molecule has 0 aliphatic heterocycles. The monoisotopic (exact) mass is 171 g/mol. The predicted molar refractivity (Wildman–Crippen MR) is 43.7 cm³/mol. The van der Waals surface area contributed by atoms with Crippen LogP contribution >= 0.6 is 0 Å². The van der Waals surface area contributed by atoms with Crippen LogP contribution in [0.15, 0.2) is 11.3 Å². The van der Waals surface area contributed by atoms with Gasteiger partial charge in [0.15, 0.2) is 0 Å². The van der Waals surface area contributed by atoms with E-state index in [4.69, 9.17) is 10.8 Å². The van der Waals surface area contributed by atoms with Crippen molar-refractivity contribution in [3.63, 3.8) is 0 Å². The van der Waals surface area contributed by atoms with Crippen molar-refractivity contribution < 1.29 is 15.0 Å². The van der Waals surface area contributed by atoms with Crippen molar-refractivity contribution in [1.29, 1.82) is 0 Å². The summed E-state index contributed by atoms with van der Waals surface area (Å²) in [5.41, 5.74) is 6.51. The molecule has 0 spiro atoms. The molecule has 0 aromatic heterocycles. The zero-order valence-corrected chi connectivity index (χ0v) is 6.79. The standard InChI is InChI=1S/C8H13NO3/c9-6(3-4-7(10)11)8(12)5-1-2-5/h6,12H,1-4,9H2,(H,10,11)/t6-/m0/s1. The van der Waals surface area contributed by atoms with Gasteiger partial charge in [-0.25, -0.2) is 0 Å². The summed E-state index contributed by atoms with van der Waals surface area (Å²) in [5, 5.41) is 17.7. The number of rotatable bonds is 4. The number of aliphatic hydroxyl groups is 1. The summed E-state index contributed by atoms with van der Waals surface area (Å²) in [6.07, 6.45) is 2.14. The number of carboxylic acids is 1. The second-order valence-corrected chi connectivity index (χ2v) is 3.03. The minimum absolute atomic E-state index is 0.0124. The van der Waals surface area contributed by atoms with Gasteiger partial charge >= 0.3 is 5.97 Å². The van der Waals surface area contributed by atoms with Crippen LogP contribution in [0.1, 0.15) is 25.7 Å². The van der Waals surface area contributed by atoms with Crippen LogP contribution in [0.2, 0.25) is 0 Å². The normalized spacial score (nSPS) is 17.2. The van der Waals surface area contributed by atoms with Crippen LogP contribution in [0.5, 0.6) is 0 Å². The highest BCUT2D eigenvalue weighted by Crippen LogP contribution is 2.31. The van der Waals surface area contributed by atoms with E-state index in [0.29, 0.717) is 6.42 Å². The van der Waals surface area contributed by atoms with E-state index in [0.717, 1.165) is 18.4 Å². The molecule has 68 valence electrons. The second kappa shape index (κ2) is 3.58. The minimum Gasteiger partial charge on any atom is -0.511 e. The summed E-state index contributed by atoms with van der Waals surface area (Å²) in [7, 11) is 0. The molecule has 0 bridgehead atoms. The largest absolute Gasteiger partial charge is 0.511 e. The van der Waals surface area contributed by atoms with Gasteiger partial charge < -0.3 is 15.9 Å². The van der Waals surface area contributed by atoms with E-state index in [1.807, 2.05) is 0 Å². The lowest BCUT2D eigenvalue weighted by Crippen LogP contribution is -2.23. The molecule has 1 aliphatic rings. The highest BCUT2D eigenvalue weighted by atomic mass is 16.4. The van der Waals surface area contributed by atoms with Gasteiger partial charge in [0.05, 0.1) is 6.04 Å². The first-order valence-electron chi connectivity index (χ1n) is 3.99. The third kappa shape index (κ3) is 2.54. The van der Waals surface area contributed by atoms with Gasteiger partial charge in [0.1, 0.15) is 5.76 Å². The average molecular weight is 171 g/mol. The molecule has 1 aliphatic carbocycles. The van der Waals surface area contributed by atoms with Crippen LogP contribution < -0.4 is 5.73 Å². The third-order valence-corrected chi connectivity index (χ3v) is 1.88. The lowest BCUT2D eigenvalue weighted by Gasteiger charge is -2.08. The summed E-state index contributed by atoms with van der Waals surface area (Å²) in [4.78, 5) is 10.2. The zero-order valence-electron chi connectivity index (χ0n) is 6.79. The van der Waals surface area contributed by atoms with Gasteiger partial charge in [0.25, 0.3) is 0 Å². The number of nitrogens with two attached hydrogens (primary N) is 1. The fourth-order valence-corrected chi connectivity index (χ4v) is 0.997. The fourth-order valence-electron chi connectivity index (χ4n) is 0.997. The Labute approximate surface area is 70.7 Å². The predicted octanol–water partition coefficient (Wildman–Crippen LogP) is 0.784. The molecule has 0 unspecified atom stereocenters. The topological polar surface area (TPSA) is 83.6 Å². The van der Waals surface area contributed by atoms with Crippen LogP contribution in [0.4, 0.5) is 0 Å². The lowest BCUT2D eigenvalue weighted by molar-refractivity contribution is -0.137. The summed E-state index contributed by atoms with van der Waals surface area (Å²) >= 11 is 0. The van der Waals surface area contributed by atoms with Gasteiger partial charge in [-0.15, -0.1) is 0 Å². The molecule has 1 saturated carbocycles. The Kier molecular flexibility index (Phi) is 2.70. The maximum Gasteiger partial charge on any atom is 0.303 e. The molecule has 0 aromatic carbocycles. The second-order valence-electron chi connectivity index (χ2n) is 3.03. The number of aliphatic carboxylic acids is 1. The maximum atomic E-state index is 10.2. The van der Waals surface area contributed by atoms with Gasteiger partial charge in [0, 0.05) is 6.42 Å². The molecule has 12 heavy (non-hydrogen) atoms. The Bertz CT molecular complexity index is 216. The van der Waals surface area contributed by atoms with E-state index < -0.39 is 12.0 Å². The molecule has 1 rings (SSSR count). The molecule has 1 atom stereocenters. The molecular weight excluding hydrogens is 158 g/mol. The van der Waals surface area contributed by atoms with Crippen LogP contribution in [0.3, 0.4) is 0 Å². The number of allylic oxidation sites excluding steroid dienone is 1. The first-order valence-corrected chi connectivity index (χ1v) is 3.99. The van der Waals surface area contributed by atoms with E-state index >= 15 is 0 Å². The van der Waals surface area contributed by atoms with Crippen LogP contribution in [-0.2, 0) is 4.79 Å². The van der Waals surface area contributed by atoms with Gasteiger partial charge in [0.2, 0.25) is 0 Å². The van der Waals surface area contributed by atoms with Gasteiger partial charge in [-0.3, -0.25) is 4.79 Å². The van der Waals surface area contributed by atoms with Crippen molar-refractivity contribution in [2.45, 2.75) is 31.7 Å². The molecular formula is C8H13NO3. The molecule has 4 N–H and O–H groups in total. The smallest absolute Gasteiger partial charge is 0.303 e. The number of carboxylic acid groups (broad SMARTS) is 1. The third-order valence-electron chi connectivity index (χ3n) is 1.88. The van der Waals surface area contributed by atoms with Crippen molar-refractivity contribution >= 4 is 5.97 Å². The van der Waals surface area contributed by atoms with Crippen molar-refractivity contribution in [2.24, 2.45) is 5.73 Å². The Hall–Kier alpha value is -1.03. The first kappa shape index (κ1) is 9.06. The van der Waals surface area contributed by atoms with Crippen LogP contribution in [0.25, 0.3) is 0 Å². The number of aliphatic hydroxyl groups excluding tert-OH is 1. The SMILES string of the molecule is N[C@@H](CCC(=O)O)C(O)=C1CC1. The molecule has 0 radical (unpaired) electrons.